The van der Waals surface area contributed by atoms with Gasteiger partial charge >= 0.3 is 6.18 Å². The Morgan fingerprint density at radius 1 is 1.12 bits per heavy atom. The zero-order valence-electron chi connectivity index (χ0n) is 23.8. The van der Waals surface area contributed by atoms with Crippen LogP contribution in [0.15, 0.2) is 42.7 Å². The highest BCUT2D eigenvalue weighted by Crippen LogP contribution is 2.42. The predicted molar refractivity (Wildman–Crippen MR) is 157 cm³/mol. The molecule has 13 heteroatoms. The van der Waals surface area contributed by atoms with Crippen LogP contribution in [-0.2, 0) is 13.2 Å². The van der Waals surface area contributed by atoms with Gasteiger partial charge in [0.2, 0.25) is 0 Å². The number of benzene rings is 2. The van der Waals surface area contributed by atoms with Crippen LogP contribution in [0.25, 0.3) is 5.70 Å². The van der Waals surface area contributed by atoms with Crippen LogP contribution in [0.5, 0.6) is 0 Å². The van der Waals surface area contributed by atoms with Crippen LogP contribution >= 0.6 is 11.6 Å². The third-order valence-electron chi connectivity index (χ3n) is 6.95. The predicted octanol–water partition coefficient (Wildman–Crippen LogP) is 5.18. The molecule has 1 aliphatic heterocycles. The average Bonchev–Trinajstić information content (AvgIpc) is 3.50. The number of hydrazine groups is 2. The Labute approximate surface area is 242 Å². The van der Waals surface area contributed by atoms with Crippen molar-refractivity contribution in [2.75, 3.05) is 49.5 Å². The van der Waals surface area contributed by atoms with Crippen molar-refractivity contribution < 1.29 is 18.0 Å². The SMILES string of the molecule is Cc1ccc(C(=O)Nc2cc(N(C)CCCN(C)C)c(Cl)c(C(F)(F)F)c2)cc1N1C=C(c2cnn(C)c2C)NN1. The Bertz CT molecular complexity index is 1470. The third kappa shape index (κ3) is 6.77. The molecule has 0 radical (unpaired) electrons. The van der Waals surface area contributed by atoms with Gasteiger partial charge in [-0.25, -0.2) is 0 Å². The number of nitrogens with one attached hydrogen (secondary N) is 3. The molecule has 0 atom stereocenters. The van der Waals surface area contributed by atoms with Crippen LogP contribution in [0, 0.1) is 13.8 Å². The number of nitrogens with zero attached hydrogens (tertiary/aromatic N) is 5. The smallest absolute Gasteiger partial charge is 0.373 e. The van der Waals surface area contributed by atoms with Gasteiger partial charge in [-0.05, 0) is 70.7 Å². The summed E-state index contributed by atoms with van der Waals surface area (Å²) < 4.78 is 43.4. The highest BCUT2D eigenvalue weighted by molar-refractivity contribution is 6.34. The van der Waals surface area contributed by atoms with Gasteiger partial charge in [0.25, 0.3) is 5.91 Å². The molecule has 1 aliphatic rings. The van der Waals surface area contributed by atoms with E-state index in [4.69, 9.17) is 11.6 Å². The normalized spacial score (nSPS) is 13.4. The van der Waals surface area contributed by atoms with E-state index in [0.29, 0.717) is 12.2 Å². The number of rotatable bonds is 9. The molecule has 0 fully saturated rings. The lowest BCUT2D eigenvalue weighted by molar-refractivity contribution is -0.137. The number of hydrogen-bond donors (Lipinski definition) is 3. The fourth-order valence-electron chi connectivity index (χ4n) is 4.47. The van der Waals surface area contributed by atoms with Gasteiger partial charge in [0.1, 0.15) is 0 Å². The topological polar surface area (TPSA) is 80.7 Å². The summed E-state index contributed by atoms with van der Waals surface area (Å²) in [7, 11) is 7.39. The quantitative estimate of drug-likeness (QED) is 0.317. The molecule has 9 nitrogen and oxygen atoms in total. The molecule has 1 aromatic heterocycles. The van der Waals surface area contributed by atoms with Gasteiger partial charge in [0, 0.05) is 49.3 Å². The van der Waals surface area contributed by atoms with E-state index in [9.17, 15) is 18.0 Å². The Morgan fingerprint density at radius 3 is 2.49 bits per heavy atom. The van der Waals surface area contributed by atoms with Crippen LogP contribution in [0.2, 0.25) is 5.02 Å². The maximum absolute atomic E-state index is 13.9. The van der Waals surface area contributed by atoms with E-state index in [2.05, 4.69) is 21.4 Å². The van der Waals surface area contributed by atoms with E-state index >= 15 is 0 Å². The number of amides is 1. The second-order valence-corrected chi connectivity index (χ2v) is 10.7. The minimum absolute atomic E-state index is 0.00138. The van der Waals surface area contributed by atoms with Gasteiger partial charge in [0.15, 0.2) is 0 Å². The Balaban J connectivity index is 1.60. The first-order valence-electron chi connectivity index (χ1n) is 13.0. The molecule has 0 saturated heterocycles. The van der Waals surface area contributed by atoms with Crippen molar-refractivity contribution in [3.8, 4) is 0 Å². The lowest BCUT2D eigenvalue weighted by Gasteiger charge is -2.24. The van der Waals surface area contributed by atoms with E-state index < -0.39 is 22.7 Å². The number of anilines is 3. The molecular weight excluding hydrogens is 557 g/mol. The number of halogens is 4. The molecule has 2 heterocycles. The molecule has 0 spiro atoms. The minimum atomic E-state index is -4.70. The fraction of sp³-hybridized carbons (Fsp3) is 0.357. The van der Waals surface area contributed by atoms with Crippen molar-refractivity contribution in [2.45, 2.75) is 26.4 Å². The molecule has 3 N–H and O–H groups in total. The monoisotopic (exact) mass is 590 g/mol. The molecule has 0 unspecified atom stereocenters. The maximum atomic E-state index is 13.9. The molecule has 0 bridgehead atoms. The van der Waals surface area contributed by atoms with Crippen LogP contribution < -0.4 is 26.2 Å². The summed E-state index contributed by atoms with van der Waals surface area (Å²) in [5.74, 6) is -0.553. The summed E-state index contributed by atoms with van der Waals surface area (Å²) in [6.07, 6.45) is -0.369. The van der Waals surface area contributed by atoms with Crippen LogP contribution in [-0.4, -0.2) is 54.8 Å². The lowest BCUT2D eigenvalue weighted by Crippen LogP contribution is -2.36. The van der Waals surface area contributed by atoms with Crippen LogP contribution in [0.4, 0.5) is 30.2 Å². The summed E-state index contributed by atoms with van der Waals surface area (Å²) in [5.41, 5.74) is 9.89. The van der Waals surface area contributed by atoms with Gasteiger partial charge < -0.3 is 20.5 Å². The minimum Gasteiger partial charge on any atom is -0.373 e. The fourth-order valence-corrected chi connectivity index (χ4v) is 4.83. The Morgan fingerprint density at radius 2 is 1.85 bits per heavy atom. The van der Waals surface area contributed by atoms with E-state index in [1.165, 1.54) is 6.07 Å². The summed E-state index contributed by atoms with van der Waals surface area (Å²) in [4.78, 5) is 16.9. The van der Waals surface area contributed by atoms with Crippen molar-refractivity contribution >= 4 is 40.3 Å². The second kappa shape index (κ2) is 12.0. The molecule has 0 aliphatic carbocycles. The average molecular weight is 591 g/mol. The number of carbonyl (C=O) groups is 1. The first kappa shape index (κ1) is 30.2. The summed E-state index contributed by atoms with van der Waals surface area (Å²) >= 11 is 6.22. The number of hydrogen-bond acceptors (Lipinski definition) is 7. The van der Waals surface area contributed by atoms with E-state index in [1.807, 2.05) is 46.1 Å². The molecule has 220 valence electrons. The molecular formula is C28H34ClF3N8O. The standard InChI is InChI=1S/C28H34ClF3N8O/c1-17-8-9-19(12-24(17)40-16-23(35-36-40)21-15-33-39(6)18(21)2)27(41)34-20-13-22(28(30,31)32)26(29)25(14-20)38(5)11-7-10-37(3)4/h8-9,12-16,35-36H,7,10-11H2,1-6H3,(H,34,41). The van der Waals surface area contributed by atoms with Crippen LogP contribution in [0.1, 0.15) is 39.2 Å². The van der Waals surface area contributed by atoms with Gasteiger partial charge in [-0.3, -0.25) is 14.5 Å². The van der Waals surface area contributed by atoms with Crippen molar-refractivity contribution in [1.82, 2.24) is 25.6 Å². The van der Waals surface area contributed by atoms with E-state index in [-0.39, 0.29) is 16.9 Å². The van der Waals surface area contributed by atoms with E-state index in [0.717, 1.165) is 41.5 Å². The van der Waals surface area contributed by atoms with Crippen molar-refractivity contribution in [2.24, 2.45) is 7.05 Å². The van der Waals surface area contributed by atoms with Gasteiger partial charge in [-0.2, -0.15) is 18.3 Å². The van der Waals surface area contributed by atoms with Crippen molar-refractivity contribution in [3.63, 3.8) is 0 Å². The first-order chi connectivity index (χ1) is 19.3. The number of aromatic nitrogens is 2. The molecule has 3 aromatic rings. The van der Waals surface area contributed by atoms with E-state index in [1.54, 1.807) is 46.0 Å². The molecule has 2 aromatic carbocycles. The zero-order chi connectivity index (χ0) is 30.1. The lowest BCUT2D eigenvalue weighted by atomic mass is 10.1. The maximum Gasteiger partial charge on any atom is 0.417 e. The molecule has 1 amide bonds. The summed E-state index contributed by atoms with van der Waals surface area (Å²) in [6.45, 7) is 5.10. The molecule has 4 rings (SSSR count). The third-order valence-corrected chi connectivity index (χ3v) is 7.35. The second-order valence-electron chi connectivity index (χ2n) is 10.3. The van der Waals surface area contributed by atoms with Gasteiger partial charge in [0.05, 0.1) is 33.9 Å². The van der Waals surface area contributed by atoms with Crippen molar-refractivity contribution in [1.29, 1.82) is 0 Å². The number of aryl methyl sites for hydroxylation is 2. The van der Waals surface area contributed by atoms with Gasteiger partial charge in [-0.15, -0.1) is 5.53 Å². The Hall–Kier alpha value is -3.74. The summed E-state index contributed by atoms with van der Waals surface area (Å²) in [6, 6.07) is 7.41. The highest BCUT2D eigenvalue weighted by atomic mass is 35.5. The van der Waals surface area contributed by atoms with Gasteiger partial charge in [-0.1, -0.05) is 17.7 Å². The van der Waals surface area contributed by atoms with Crippen molar-refractivity contribution in [3.05, 3.63) is 75.7 Å². The molecule has 41 heavy (non-hydrogen) atoms. The highest BCUT2D eigenvalue weighted by Gasteiger charge is 2.35. The summed E-state index contributed by atoms with van der Waals surface area (Å²) in [5, 5.41) is 8.24. The first-order valence-corrected chi connectivity index (χ1v) is 13.3. The Kier molecular flexibility index (Phi) is 8.86. The number of alkyl halides is 3. The largest absolute Gasteiger partial charge is 0.417 e. The number of carbonyl (C=O) groups excluding carboxylic acids is 1. The molecule has 0 saturated carbocycles. The zero-order valence-corrected chi connectivity index (χ0v) is 24.6. The van der Waals surface area contributed by atoms with Crippen LogP contribution in [0.3, 0.4) is 0 Å².